The Morgan fingerprint density at radius 1 is 1.45 bits per heavy atom. The summed E-state index contributed by atoms with van der Waals surface area (Å²) < 4.78 is 0. The van der Waals surface area contributed by atoms with Gasteiger partial charge in [-0.1, -0.05) is 0 Å². The molecule has 0 aromatic rings. The van der Waals surface area contributed by atoms with Crippen LogP contribution < -0.4 is 16.4 Å². The molecule has 0 unspecified atom stereocenters. The van der Waals surface area contributed by atoms with E-state index in [-0.39, 0.29) is 5.91 Å². The average molecular weight is 159 g/mol. The predicted molar refractivity (Wildman–Crippen MR) is 45.2 cm³/mol. The standard InChI is InChI=1S/C7H17N3O/c1-9-5-2-6-10-7(11)3-4-8/h9H,2-6,8H2,1H3,(H,10,11). The molecule has 0 radical (unpaired) electrons. The van der Waals surface area contributed by atoms with Crippen molar-refractivity contribution in [1.82, 2.24) is 10.6 Å². The Morgan fingerprint density at radius 2 is 2.18 bits per heavy atom. The van der Waals surface area contributed by atoms with Crippen molar-refractivity contribution in [3.05, 3.63) is 0 Å². The third-order valence-corrected chi connectivity index (χ3v) is 1.30. The first-order chi connectivity index (χ1) is 5.31. The van der Waals surface area contributed by atoms with Crippen molar-refractivity contribution in [2.24, 2.45) is 5.73 Å². The second kappa shape index (κ2) is 7.50. The molecule has 0 aliphatic carbocycles. The molecule has 0 bridgehead atoms. The van der Waals surface area contributed by atoms with Crippen LogP contribution in [0, 0.1) is 0 Å². The monoisotopic (exact) mass is 159 g/mol. The normalized spacial score (nSPS) is 9.64. The molecule has 0 fully saturated rings. The van der Waals surface area contributed by atoms with E-state index in [9.17, 15) is 4.79 Å². The van der Waals surface area contributed by atoms with E-state index in [0.717, 1.165) is 19.5 Å². The number of hydrogen-bond donors (Lipinski definition) is 3. The molecule has 66 valence electrons. The molecule has 0 spiro atoms. The number of nitrogens with one attached hydrogen (secondary N) is 2. The highest BCUT2D eigenvalue weighted by molar-refractivity contribution is 5.75. The highest BCUT2D eigenvalue weighted by Gasteiger charge is 1.96. The second-order valence-corrected chi connectivity index (χ2v) is 2.35. The lowest BCUT2D eigenvalue weighted by Crippen LogP contribution is -2.28. The molecule has 0 atom stereocenters. The van der Waals surface area contributed by atoms with Gasteiger partial charge in [0, 0.05) is 19.5 Å². The third kappa shape index (κ3) is 7.29. The van der Waals surface area contributed by atoms with Crippen LogP contribution in [0.4, 0.5) is 0 Å². The van der Waals surface area contributed by atoms with Gasteiger partial charge in [0.25, 0.3) is 0 Å². The topological polar surface area (TPSA) is 67.1 Å². The first-order valence-electron chi connectivity index (χ1n) is 3.92. The Morgan fingerprint density at radius 3 is 2.73 bits per heavy atom. The van der Waals surface area contributed by atoms with Gasteiger partial charge in [-0.15, -0.1) is 0 Å². The van der Waals surface area contributed by atoms with Crippen molar-refractivity contribution in [3.8, 4) is 0 Å². The van der Waals surface area contributed by atoms with Crippen LogP contribution in [0.3, 0.4) is 0 Å². The van der Waals surface area contributed by atoms with Gasteiger partial charge in [0.1, 0.15) is 0 Å². The van der Waals surface area contributed by atoms with Crippen LogP contribution in [-0.2, 0) is 4.79 Å². The molecule has 4 nitrogen and oxygen atoms in total. The van der Waals surface area contributed by atoms with Crippen LogP contribution in [0.2, 0.25) is 0 Å². The number of hydrogen-bond acceptors (Lipinski definition) is 3. The lowest BCUT2D eigenvalue weighted by molar-refractivity contribution is -0.120. The van der Waals surface area contributed by atoms with Crippen molar-refractivity contribution >= 4 is 5.91 Å². The van der Waals surface area contributed by atoms with E-state index in [4.69, 9.17) is 5.73 Å². The fourth-order valence-electron chi connectivity index (χ4n) is 0.712. The average Bonchev–Trinajstić information content (AvgIpc) is 1.99. The van der Waals surface area contributed by atoms with E-state index in [0.29, 0.717) is 13.0 Å². The van der Waals surface area contributed by atoms with Crippen LogP contribution in [-0.4, -0.2) is 32.6 Å². The van der Waals surface area contributed by atoms with Gasteiger partial charge in [-0.05, 0) is 20.0 Å². The smallest absolute Gasteiger partial charge is 0.221 e. The zero-order valence-electron chi connectivity index (χ0n) is 7.02. The van der Waals surface area contributed by atoms with Crippen molar-refractivity contribution in [2.45, 2.75) is 12.8 Å². The molecule has 0 saturated carbocycles. The van der Waals surface area contributed by atoms with Crippen molar-refractivity contribution < 1.29 is 4.79 Å². The maximum absolute atomic E-state index is 10.8. The van der Waals surface area contributed by atoms with Crippen LogP contribution in [0.5, 0.6) is 0 Å². The van der Waals surface area contributed by atoms with E-state index < -0.39 is 0 Å². The Kier molecular flexibility index (Phi) is 7.08. The van der Waals surface area contributed by atoms with Gasteiger partial charge >= 0.3 is 0 Å². The number of rotatable bonds is 6. The minimum atomic E-state index is 0.0450. The van der Waals surface area contributed by atoms with Gasteiger partial charge in [0.05, 0.1) is 0 Å². The predicted octanol–water partition coefficient (Wildman–Crippen LogP) is -0.939. The summed E-state index contributed by atoms with van der Waals surface area (Å²) in [5.74, 6) is 0.0450. The maximum atomic E-state index is 10.8. The second-order valence-electron chi connectivity index (χ2n) is 2.35. The van der Waals surface area contributed by atoms with Crippen LogP contribution >= 0.6 is 0 Å². The summed E-state index contributed by atoms with van der Waals surface area (Å²) in [6.45, 7) is 2.10. The molecule has 0 aliphatic rings. The van der Waals surface area contributed by atoms with E-state index in [1.807, 2.05) is 7.05 Å². The Hall–Kier alpha value is -0.610. The van der Waals surface area contributed by atoms with Gasteiger partial charge in [-0.25, -0.2) is 0 Å². The minimum Gasteiger partial charge on any atom is -0.356 e. The first kappa shape index (κ1) is 10.4. The Bertz CT molecular complexity index is 106. The molecule has 0 rings (SSSR count). The summed E-state index contributed by atoms with van der Waals surface area (Å²) in [5, 5.41) is 5.76. The molecular formula is C7H17N3O. The number of carbonyl (C=O) groups is 1. The Balaban J connectivity index is 3.04. The fraction of sp³-hybridized carbons (Fsp3) is 0.857. The quantitative estimate of drug-likeness (QED) is 0.438. The fourth-order valence-corrected chi connectivity index (χ4v) is 0.712. The van der Waals surface area contributed by atoms with Crippen molar-refractivity contribution in [3.63, 3.8) is 0 Å². The molecule has 0 aliphatic heterocycles. The molecule has 11 heavy (non-hydrogen) atoms. The Labute approximate surface area is 67.5 Å². The summed E-state index contributed by atoms with van der Waals surface area (Å²) in [7, 11) is 1.89. The van der Waals surface area contributed by atoms with Gasteiger partial charge in [0.2, 0.25) is 5.91 Å². The largest absolute Gasteiger partial charge is 0.356 e. The van der Waals surface area contributed by atoms with Crippen LogP contribution in [0.25, 0.3) is 0 Å². The van der Waals surface area contributed by atoms with Crippen molar-refractivity contribution in [1.29, 1.82) is 0 Å². The zero-order chi connectivity index (χ0) is 8.53. The van der Waals surface area contributed by atoms with Crippen LogP contribution in [0.15, 0.2) is 0 Å². The van der Waals surface area contributed by atoms with E-state index in [1.54, 1.807) is 0 Å². The summed E-state index contributed by atoms with van der Waals surface area (Å²) in [4.78, 5) is 10.8. The van der Waals surface area contributed by atoms with Gasteiger partial charge in [-0.2, -0.15) is 0 Å². The summed E-state index contributed by atoms with van der Waals surface area (Å²) in [5.41, 5.74) is 5.19. The molecule has 4 heteroatoms. The van der Waals surface area contributed by atoms with Gasteiger partial charge < -0.3 is 16.4 Å². The van der Waals surface area contributed by atoms with E-state index in [1.165, 1.54) is 0 Å². The molecule has 0 aromatic heterocycles. The first-order valence-corrected chi connectivity index (χ1v) is 3.92. The molecule has 4 N–H and O–H groups in total. The molecule has 1 amide bonds. The summed E-state index contributed by atoms with van der Waals surface area (Å²) in [6.07, 6.45) is 1.40. The molecular weight excluding hydrogens is 142 g/mol. The zero-order valence-corrected chi connectivity index (χ0v) is 7.02. The molecule has 0 saturated heterocycles. The summed E-state index contributed by atoms with van der Waals surface area (Å²) >= 11 is 0. The minimum absolute atomic E-state index is 0.0450. The number of carbonyl (C=O) groups excluding carboxylic acids is 1. The lowest BCUT2D eigenvalue weighted by Gasteiger charge is -2.02. The number of amides is 1. The highest BCUT2D eigenvalue weighted by atomic mass is 16.1. The third-order valence-electron chi connectivity index (χ3n) is 1.30. The maximum Gasteiger partial charge on any atom is 0.221 e. The SMILES string of the molecule is CNCCCNC(=O)CCN. The van der Waals surface area contributed by atoms with Gasteiger partial charge in [0.15, 0.2) is 0 Å². The van der Waals surface area contributed by atoms with E-state index in [2.05, 4.69) is 10.6 Å². The lowest BCUT2D eigenvalue weighted by atomic mass is 10.3. The van der Waals surface area contributed by atoms with Gasteiger partial charge in [-0.3, -0.25) is 4.79 Å². The molecule has 0 heterocycles. The highest BCUT2D eigenvalue weighted by Crippen LogP contribution is 1.76. The molecule has 0 aromatic carbocycles. The van der Waals surface area contributed by atoms with Crippen LogP contribution in [0.1, 0.15) is 12.8 Å². The van der Waals surface area contributed by atoms with E-state index >= 15 is 0 Å². The summed E-state index contributed by atoms with van der Waals surface area (Å²) in [6, 6.07) is 0. The number of nitrogens with two attached hydrogens (primary N) is 1. The van der Waals surface area contributed by atoms with Crippen molar-refractivity contribution in [2.75, 3.05) is 26.7 Å².